The van der Waals surface area contributed by atoms with E-state index in [1.54, 1.807) is 24.1 Å². The molecule has 27 heavy (non-hydrogen) atoms. The van der Waals surface area contributed by atoms with Crippen LogP contribution in [0.1, 0.15) is 44.9 Å². The largest absolute Gasteiger partial charge is 0.496 e. The van der Waals surface area contributed by atoms with Gasteiger partial charge in [-0.25, -0.2) is 9.18 Å². The Balaban J connectivity index is 2.34. The maximum Gasteiger partial charge on any atom is 0.411 e. The fraction of sp³-hybridized carbons (Fsp3) is 0.381. The molecule has 4 nitrogen and oxygen atoms in total. The summed E-state index contributed by atoms with van der Waals surface area (Å²) in [5.74, 6) is 0.372. The first-order valence-corrected chi connectivity index (χ1v) is 9.47. The van der Waals surface area contributed by atoms with Gasteiger partial charge in [0.15, 0.2) is 0 Å². The third-order valence-corrected chi connectivity index (χ3v) is 4.62. The molecule has 6 heteroatoms. The lowest BCUT2D eigenvalue weighted by Crippen LogP contribution is -2.38. The van der Waals surface area contributed by atoms with Gasteiger partial charge in [0.05, 0.1) is 17.6 Å². The summed E-state index contributed by atoms with van der Waals surface area (Å²) in [6.07, 6.45) is -0.453. The predicted octanol–water partition coefficient (Wildman–Crippen LogP) is 6.10. The average molecular weight is 438 g/mol. The highest BCUT2D eigenvalue weighted by Gasteiger charge is 2.27. The molecule has 0 radical (unpaired) electrons. The van der Waals surface area contributed by atoms with E-state index in [1.807, 2.05) is 45.9 Å². The van der Waals surface area contributed by atoms with Gasteiger partial charge >= 0.3 is 6.09 Å². The summed E-state index contributed by atoms with van der Waals surface area (Å²) in [6.45, 7) is 7.63. The first-order chi connectivity index (χ1) is 12.6. The van der Waals surface area contributed by atoms with Crippen LogP contribution in [0, 0.1) is 5.82 Å². The molecule has 0 aliphatic heterocycles. The Morgan fingerprint density at radius 2 is 1.93 bits per heavy atom. The van der Waals surface area contributed by atoms with E-state index in [0.717, 1.165) is 10.0 Å². The van der Waals surface area contributed by atoms with Gasteiger partial charge < -0.3 is 9.47 Å². The number of hydrogen-bond donors (Lipinski definition) is 0. The molecule has 0 heterocycles. The number of nitrogens with zero attached hydrogens (tertiary/aromatic N) is 1. The molecule has 0 aliphatic rings. The zero-order valence-electron chi connectivity index (χ0n) is 16.3. The highest BCUT2D eigenvalue weighted by molar-refractivity contribution is 9.10. The van der Waals surface area contributed by atoms with Crippen LogP contribution in [0.5, 0.6) is 5.75 Å². The Labute approximate surface area is 168 Å². The van der Waals surface area contributed by atoms with Crippen LogP contribution >= 0.6 is 15.9 Å². The van der Waals surface area contributed by atoms with Crippen LogP contribution in [0.4, 0.5) is 9.18 Å². The Bertz CT molecular complexity index is 804. The number of halogens is 2. The second-order valence-corrected chi connectivity index (χ2v) is 8.16. The summed E-state index contributed by atoms with van der Waals surface area (Å²) in [7, 11) is 1.60. The first kappa shape index (κ1) is 21.2. The average Bonchev–Trinajstić information content (AvgIpc) is 2.57. The monoisotopic (exact) mass is 437 g/mol. The Kier molecular flexibility index (Phi) is 6.87. The number of carbonyl (C=O) groups is 1. The number of carbonyl (C=O) groups excluding carboxylic acids is 1. The second kappa shape index (κ2) is 8.74. The molecule has 146 valence electrons. The van der Waals surface area contributed by atoms with E-state index in [-0.39, 0.29) is 11.9 Å². The lowest BCUT2D eigenvalue weighted by Gasteiger charge is -2.32. The van der Waals surface area contributed by atoms with E-state index in [4.69, 9.17) is 9.47 Å². The van der Waals surface area contributed by atoms with Crippen LogP contribution in [0.2, 0.25) is 0 Å². The second-order valence-electron chi connectivity index (χ2n) is 7.31. The number of methoxy groups -OCH3 is 1. The maximum atomic E-state index is 13.7. The number of rotatable bonds is 5. The maximum absolute atomic E-state index is 13.7. The first-order valence-electron chi connectivity index (χ1n) is 8.68. The van der Waals surface area contributed by atoms with E-state index in [2.05, 4.69) is 15.9 Å². The van der Waals surface area contributed by atoms with Crippen LogP contribution in [0.3, 0.4) is 0 Å². The van der Waals surface area contributed by atoms with Gasteiger partial charge in [0.25, 0.3) is 0 Å². The zero-order chi connectivity index (χ0) is 20.2. The summed E-state index contributed by atoms with van der Waals surface area (Å²) in [5.41, 5.74) is 0.975. The molecule has 0 fully saturated rings. The van der Waals surface area contributed by atoms with Crippen molar-refractivity contribution in [3.05, 3.63) is 63.9 Å². The molecular weight excluding hydrogens is 413 g/mol. The summed E-state index contributed by atoms with van der Waals surface area (Å²) in [6, 6.07) is 11.5. The third-order valence-electron chi connectivity index (χ3n) is 4.00. The van der Waals surface area contributed by atoms with Gasteiger partial charge in [-0.15, -0.1) is 0 Å². The Hall–Kier alpha value is -2.08. The van der Waals surface area contributed by atoms with Crippen LogP contribution in [0.25, 0.3) is 0 Å². The predicted molar refractivity (Wildman–Crippen MR) is 107 cm³/mol. The van der Waals surface area contributed by atoms with Crippen molar-refractivity contribution >= 4 is 22.0 Å². The van der Waals surface area contributed by atoms with Crippen molar-refractivity contribution in [1.29, 1.82) is 0 Å². The van der Waals surface area contributed by atoms with Crippen molar-refractivity contribution in [2.24, 2.45) is 0 Å². The molecule has 0 spiro atoms. The van der Waals surface area contributed by atoms with Gasteiger partial charge in [0.2, 0.25) is 0 Å². The molecule has 1 amide bonds. The van der Waals surface area contributed by atoms with Gasteiger partial charge in [-0.1, -0.05) is 18.2 Å². The number of hydrogen-bond acceptors (Lipinski definition) is 3. The van der Waals surface area contributed by atoms with E-state index >= 15 is 0 Å². The van der Waals surface area contributed by atoms with Gasteiger partial charge in [-0.05, 0) is 79.0 Å². The lowest BCUT2D eigenvalue weighted by atomic mass is 10.1. The van der Waals surface area contributed by atoms with Crippen molar-refractivity contribution in [3.63, 3.8) is 0 Å². The fourth-order valence-electron chi connectivity index (χ4n) is 2.63. The molecule has 2 aromatic rings. The van der Waals surface area contributed by atoms with E-state index in [9.17, 15) is 9.18 Å². The van der Waals surface area contributed by atoms with E-state index < -0.39 is 11.7 Å². The molecule has 0 aromatic heterocycles. The molecule has 0 aliphatic carbocycles. The summed E-state index contributed by atoms with van der Waals surface area (Å²) in [4.78, 5) is 14.4. The van der Waals surface area contributed by atoms with Crippen molar-refractivity contribution in [3.8, 4) is 5.75 Å². The molecule has 2 rings (SSSR count). The van der Waals surface area contributed by atoms with Crippen molar-refractivity contribution in [2.75, 3.05) is 7.11 Å². The van der Waals surface area contributed by atoms with Gasteiger partial charge in [-0.3, -0.25) is 4.90 Å². The van der Waals surface area contributed by atoms with Crippen LogP contribution in [0.15, 0.2) is 46.9 Å². The smallest absolute Gasteiger partial charge is 0.411 e. The van der Waals surface area contributed by atoms with Gasteiger partial charge in [-0.2, -0.15) is 0 Å². The molecular formula is C21H25BrFNO3. The van der Waals surface area contributed by atoms with Crippen molar-refractivity contribution in [2.45, 2.75) is 45.9 Å². The SMILES string of the molecule is COc1ccc(CN(C(=O)OC(C)(C)C)[C@H](C)c2cccc(F)c2)cc1Br. The number of amides is 1. The number of benzene rings is 2. The molecule has 2 aromatic carbocycles. The molecule has 0 saturated carbocycles. The van der Waals surface area contributed by atoms with Crippen LogP contribution in [-0.2, 0) is 11.3 Å². The summed E-state index contributed by atoms with van der Waals surface area (Å²) in [5, 5.41) is 0. The van der Waals surface area contributed by atoms with E-state index in [1.165, 1.54) is 12.1 Å². The van der Waals surface area contributed by atoms with Crippen LogP contribution in [-0.4, -0.2) is 23.7 Å². The molecule has 0 unspecified atom stereocenters. The molecule has 0 saturated heterocycles. The molecule has 0 N–H and O–H groups in total. The Morgan fingerprint density at radius 3 is 2.48 bits per heavy atom. The summed E-state index contributed by atoms with van der Waals surface area (Å²) < 4.78 is 25.3. The van der Waals surface area contributed by atoms with Crippen LogP contribution < -0.4 is 4.74 Å². The molecule has 0 bridgehead atoms. The highest BCUT2D eigenvalue weighted by Crippen LogP contribution is 2.29. The van der Waals surface area contributed by atoms with Crippen molar-refractivity contribution < 1.29 is 18.7 Å². The topological polar surface area (TPSA) is 38.8 Å². The summed E-state index contributed by atoms with van der Waals surface area (Å²) >= 11 is 3.47. The highest BCUT2D eigenvalue weighted by atomic mass is 79.9. The fourth-order valence-corrected chi connectivity index (χ4v) is 3.22. The van der Waals surface area contributed by atoms with E-state index in [0.29, 0.717) is 17.9 Å². The normalized spacial score (nSPS) is 12.4. The van der Waals surface area contributed by atoms with Gasteiger partial charge in [0.1, 0.15) is 17.2 Å². The zero-order valence-corrected chi connectivity index (χ0v) is 17.8. The number of ether oxygens (including phenoxy) is 2. The third kappa shape index (κ3) is 5.96. The minimum atomic E-state index is -0.627. The molecule has 1 atom stereocenters. The lowest BCUT2D eigenvalue weighted by molar-refractivity contribution is 0.0152. The quantitative estimate of drug-likeness (QED) is 0.567. The minimum Gasteiger partial charge on any atom is -0.496 e. The van der Waals surface area contributed by atoms with Crippen molar-refractivity contribution in [1.82, 2.24) is 4.90 Å². The van der Waals surface area contributed by atoms with Gasteiger partial charge in [0, 0.05) is 6.54 Å². The standard InChI is InChI=1S/C21H25BrFNO3/c1-14(16-7-6-8-17(23)12-16)24(20(25)27-21(2,3)4)13-15-9-10-19(26-5)18(22)11-15/h6-12,14H,13H2,1-5H3/t14-/m1/s1. The minimum absolute atomic E-state index is 0.315. The Morgan fingerprint density at radius 1 is 1.22 bits per heavy atom.